The van der Waals surface area contributed by atoms with Crippen molar-refractivity contribution in [3.63, 3.8) is 0 Å². The molecule has 7 nitrogen and oxygen atoms in total. The minimum Gasteiger partial charge on any atom is -0.505 e. The quantitative estimate of drug-likeness (QED) is 0.0492. The highest BCUT2D eigenvalue weighted by Gasteiger charge is 2.38. The Balaban J connectivity index is 0.953. The van der Waals surface area contributed by atoms with Crippen LogP contribution in [-0.4, -0.2) is 34.5 Å². The zero-order valence-corrected chi connectivity index (χ0v) is 41.0. The van der Waals surface area contributed by atoms with Crippen molar-refractivity contribution < 1.29 is 15.3 Å². The summed E-state index contributed by atoms with van der Waals surface area (Å²) in [4.78, 5) is 6.84. The van der Waals surface area contributed by atoms with E-state index in [-0.39, 0.29) is 46.7 Å². The first-order chi connectivity index (χ1) is 34.6. The van der Waals surface area contributed by atoms with Gasteiger partial charge >= 0.3 is 0 Å². The smallest absolute Gasteiger partial charge is 0.164 e. The summed E-state index contributed by atoms with van der Waals surface area (Å²) in [5.74, 6) is -0.245. The molecule has 4 N–H and O–H groups in total. The molecule has 0 saturated carbocycles. The lowest BCUT2D eigenvalue weighted by atomic mass is 9.80. The number of nitrogens with one attached hydrogen (secondary N) is 1. The van der Waals surface area contributed by atoms with Gasteiger partial charge in [-0.15, -0.1) is 0 Å². The van der Waals surface area contributed by atoms with E-state index in [1.54, 1.807) is 13.8 Å². The molecule has 7 heteroatoms. The topological polar surface area (TPSA) is 82.4 Å². The van der Waals surface area contributed by atoms with Gasteiger partial charge in [0.1, 0.15) is 5.75 Å². The number of likely N-dealkylation sites (N-methyl/N-ethyl adjacent to an activating group) is 1. The van der Waals surface area contributed by atoms with E-state index < -0.39 is 0 Å². The summed E-state index contributed by atoms with van der Waals surface area (Å²) in [6.45, 7) is 10.1. The zero-order chi connectivity index (χ0) is 49.2. The fraction of sp³-hybridized carbons (Fsp3) is 0.188. The Morgan fingerprint density at radius 3 is 2.17 bits per heavy atom. The molecule has 4 aliphatic rings. The third-order valence-corrected chi connectivity index (χ3v) is 14.6. The Bertz CT molecular complexity index is 3180. The number of hydrogen-bond donors (Lipinski definition) is 4. The lowest BCUT2D eigenvalue weighted by Gasteiger charge is -2.37. The molecule has 10 rings (SSSR count). The lowest BCUT2D eigenvalue weighted by molar-refractivity contribution is 0.389. The highest BCUT2D eigenvalue weighted by Crippen LogP contribution is 2.51. The van der Waals surface area contributed by atoms with Gasteiger partial charge in [0.05, 0.1) is 17.8 Å². The van der Waals surface area contributed by atoms with E-state index in [0.717, 1.165) is 70.8 Å². The molecule has 3 aliphatic carbocycles. The standard InChI is InChI=1S/C64H62N4O3/c1-6-7-10-20-42(2)55-39-47(45-31-33-46(34-32-45)53-27-15-17-29-58(53)66(5)61-43(3)63(70)64(71)44(4)62(61)69)35-37-57(55)65-48-21-19-26-51(40-48)67(49-22-11-8-12-23-49)52-36-38-60-56(41-52)54-28-16-18-30-59(54)68(60)50-24-13-9-14-25-50/h8-31,33,35-41,53-54,58-59,65,69-71H,2,6-7,32,34H2,1,3-5H3/b20-10-. The summed E-state index contributed by atoms with van der Waals surface area (Å²) >= 11 is 0. The molecule has 0 saturated heterocycles. The normalized spacial score (nSPS) is 18.8. The lowest BCUT2D eigenvalue weighted by Crippen LogP contribution is -2.38. The van der Waals surface area contributed by atoms with E-state index in [4.69, 9.17) is 0 Å². The number of benzene rings is 6. The van der Waals surface area contributed by atoms with Gasteiger partial charge in [-0.1, -0.05) is 147 Å². The Hall–Kier alpha value is -8.16. The highest BCUT2D eigenvalue weighted by molar-refractivity contribution is 5.88. The molecule has 4 unspecified atom stereocenters. The first-order valence-electron chi connectivity index (χ1n) is 24.9. The minimum absolute atomic E-state index is 0.0252. The van der Waals surface area contributed by atoms with Crippen LogP contribution in [0.5, 0.6) is 17.2 Å². The van der Waals surface area contributed by atoms with E-state index in [9.17, 15) is 15.3 Å². The van der Waals surface area contributed by atoms with Gasteiger partial charge in [0.25, 0.3) is 0 Å². The SMILES string of the molecule is C=C(/C=C\CCC)c1cc(C2=CC=C(C3C=CC=CC3N(C)c3c(C)c(O)c(O)c(C)c3O)CC2)ccc1Nc1cccc(N(c2ccccc2)c2ccc3c(c2)C2C=CC=CC2N3c2ccccc2)c1. The highest BCUT2D eigenvalue weighted by atomic mass is 16.3. The number of anilines is 8. The first kappa shape index (κ1) is 46.6. The maximum atomic E-state index is 11.2. The number of nitrogens with zero attached hydrogens (tertiary/aromatic N) is 3. The van der Waals surface area contributed by atoms with Crippen LogP contribution in [0.15, 0.2) is 206 Å². The van der Waals surface area contributed by atoms with Gasteiger partial charge in [-0.2, -0.15) is 0 Å². The van der Waals surface area contributed by atoms with Crippen molar-refractivity contribution in [1.29, 1.82) is 0 Å². The molecule has 0 amide bonds. The number of para-hydroxylation sites is 2. The molecule has 6 aromatic rings. The Morgan fingerprint density at radius 1 is 0.704 bits per heavy atom. The molecule has 0 spiro atoms. The van der Waals surface area contributed by atoms with Crippen molar-refractivity contribution in [1.82, 2.24) is 0 Å². The molecule has 6 aromatic carbocycles. The van der Waals surface area contributed by atoms with Crippen LogP contribution < -0.4 is 20.0 Å². The molecule has 0 fully saturated rings. The average Bonchev–Trinajstić information content (AvgIpc) is 3.74. The summed E-state index contributed by atoms with van der Waals surface area (Å²) in [7, 11) is 1.94. The molecular formula is C64H62N4O3. The molecule has 0 radical (unpaired) electrons. The Morgan fingerprint density at radius 2 is 1.41 bits per heavy atom. The van der Waals surface area contributed by atoms with E-state index in [0.29, 0.717) is 11.3 Å². The van der Waals surface area contributed by atoms with Crippen LogP contribution in [0.25, 0.3) is 11.1 Å². The van der Waals surface area contributed by atoms with E-state index >= 15 is 0 Å². The third kappa shape index (κ3) is 9.00. The van der Waals surface area contributed by atoms with Gasteiger partial charge in [-0.3, -0.25) is 0 Å². The molecule has 4 atom stereocenters. The number of unbranched alkanes of at least 4 members (excludes halogenated alkanes) is 1. The second kappa shape index (κ2) is 20.1. The monoisotopic (exact) mass is 934 g/mol. The van der Waals surface area contributed by atoms with Gasteiger partial charge < -0.3 is 35.3 Å². The average molecular weight is 935 g/mol. The molecule has 1 aliphatic heterocycles. The predicted octanol–water partition coefficient (Wildman–Crippen LogP) is 16.1. The molecule has 1 heterocycles. The van der Waals surface area contributed by atoms with Crippen molar-refractivity contribution in [2.45, 2.75) is 64.5 Å². The van der Waals surface area contributed by atoms with Crippen LogP contribution in [0.1, 0.15) is 66.3 Å². The summed E-state index contributed by atoms with van der Waals surface area (Å²) in [5, 5.41) is 36.2. The van der Waals surface area contributed by atoms with Crippen LogP contribution in [0.3, 0.4) is 0 Å². The van der Waals surface area contributed by atoms with Gasteiger partial charge in [0.2, 0.25) is 0 Å². The Kier molecular flexibility index (Phi) is 13.2. The fourth-order valence-corrected chi connectivity index (χ4v) is 10.9. The number of phenolic OH excluding ortho intramolecular Hbond substituents is 3. The second-order valence-electron chi connectivity index (χ2n) is 19.0. The van der Waals surface area contributed by atoms with Crippen molar-refractivity contribution in [2.24, 2.45) is 5.92 Å². The van der Waals surface area contributed by atoms with Crippen LogP contribution in [-0.2, 0) is 0 Å². The van der Waals surface area contributed by atoms with E-state index in [2.05, 4.69) is 217 Å². The number of aromatic hydroxyl groups is 3. The van der Waals surface area contributed by atoms with Gasteiger partial charge in [0, 0.05) is 75.4 Å². The number of phenols is 3. The van der Waals surface area contributed by atoms with Crippen molar-refractivity contribution in [2.75, 3.05) is 27.1 Å². The first-order valence-corrected chi connectivity index (χ1v) is 24.9. The largest absolute Gasteiger partial charge is 0.505 e. The Labute approximate surface area is 419 Å². The number of hydrogen-bond acceptors (Lipinski definition) is 7. The summed E-state index contributed by atoms with van der Waals surface area (Å²) in [6, 6.07) is 43.7. The number of allylic oxidation sites excluding steroid dienone is 10. The molecule has 356 valence electrons. The van der Waals surface area contributed by atoms with Crippen LogP contribution >= 0.6 is 0 Å². The molecule has 0 aromatic heterocycles. The van der Waals surface area contributed by atoms with Crippen LogP contribution in [0, 0.1) is 19.8 Å². The summed E-state index contributed by atoms with van der Waals surface area (Å²) < 4.78 is 0. The fourth-order valence-electron chi connectivity index (χ4n) is 10.9. The number of fused-ring (bicyclic) bond motifs is 3. The second-order valence-corrected chi connectivity index (χ2v) is 19.0. The maximum absolute atomic E-state index is 11.2. The van der Waals surface area contributed by atoms with Crippen molar-refractivity contribution in [3.8, 4) is 17.2 Å². The molecular weight excluding hydrogens is 873 g/mol. The molecule has 71 heavy (non-hydrogen) atoms. The minimum atomic E-state index is -0.288. The zero-order valence-electron chi connectivity index (χ0n) is 41.0. The third-order valence-electron chi connectivity index (χ3n) is 14.6. The van der Waals surface area contributed by atoms with Gasteiger partial charge in [-0.05, 0) is 128 Å². The van der Waals surface area contributed by atoms with Crippen molar-refractivity contribution >= 4 is 56.6 Å². The predicted molar refractivity (Wildman–Crippen MR) is 297 cm³/mol. The van der Waals surface area contributed by atoms with Gasteiger partial charge in [0.15, 0.2) is 11.5 Å². The van der Waals surface area contributed by atoms with Gasteiger partial charge in [-0.25, -0.2) is 0 Å². The number of rotatable bonds is 14. The summed E-state index contributed by atoms with van der Waals surface area (Å²) in [6.07, 6.45) is 30.1. The molecule has 0 bridgehead atoms. The van der Waals surface area contributed by atoms with Crippen LogP contribution in [0.4, 0.5) is 45.5 Å². The van der Waals surface area contributed by atoms with E-state index in [1.807, 2.05) is 18.0 Å². The van der Waals surface area contributed by atoms with Crippen molar-refractivity contribution in [3.05, 3.63) is 234 Å². The summed E-state index contributed by atoms with van der Waals surface area (Å²) in [5.41, 5.74) is 15.8. The van der Waals surface area contributed by atoms with Crippen LogP contribution in [0.2, 0.25) is 0 Å². The maximum Gasteiger partial charge on any atom is 0.164 e. The van der Waals surface area contributed by atoms with E-state index in [1.165, 1.54) is 28.1 Å².